The van der Waals surface area contributed by atoms with Crippen molar-refractivity contribution in [2.24, 2.45) is 0 Å². The number of nitrogens with zero attached hydrogens (tertiary/aromatic N) is 6. The normalized spacial score (nSPS) is 16.1. The Morgan fingerprint density at radius 1 is 1.00 bits per heavy atom. The molecule has 0 radical (unpaired) electrons. The molecular formula is C23H22N6O3S. The van der Waals surface area contributed by atoms with Gasteiger partial charge in [0.15, 0.2) is 4.90 Å². The minimum absolute atomic E-state index is 0.145. The molecule has 4 aromatic rings. The van der Waals surface area contributed by atoms with E-state index in [0.29, 0.717) is 37.8 Å². The lowest BCUT2D eigenvalue weighted by Crippen LogP contribution is -2.49. The highest BCUT2D eigenvalue weighted by atomic mass is 32.3. The fourth-order valence-corrected chi connectivity index (χ4v) is 4.60. The molecule has 4 heterocycles. The molecule has 0 saturated carbocycles. The van der Waals surface area contributed by atoms with Crippen LogP contribution in [-0.4, -0.2) is 67.4 Å². The molecule has 1 atom stereocenters. The smallest absolute Gasteiger partial charge is 0.274 e. The molecule has 0 aliphatic carbocycles. The lowest BCUT2D eigenvalue weighted by molar-refractivity contribution is 0.0739. The van der Waals surface area contributed by atoms with Gasteiger partial charge >= 0.3 is 0 Å². The number of hydrogen-bond acceptors (Lipinski definition) is 7. The van der Waals surface area contributed by atoms with Crippen LogP contribution in [-0.2, 0) is 14.4 Å². The fourth-order valence-electron chi connectivity index (χ4n) is 3.97. The number of carbonyl (C=O) groups excluding carboxylic acids is 1. The van der Waals surface area contributed by atoms with Crippen LogP contribution in [0, 0.1) is 0 Å². The van der Waals surface area contributed by atoms with Crippen LogP contribution in [0.25, 0.3) is 16.6 Å². The summed E-state index contributed by atoms with van der Waals surface area (Å²) in [6, 6.07) is 14.0. The number of sulfone groups is 1. The van der Waals surface area contributed by atoms with Crippen molar-refractivity contribution in [1.82, 2.24) is 24.5 Å². The Balaban J connectivity index is 1.41. The molecule has 1 saturated heterocycles. The maximum Gasteiger partial charge on any atom is 0.274 e. The lowest BCUT2D eigenvalue weighted by Gasteiger charge is -2.34. The Hall–Kier alpha value is -3.63. The number of rotatable bonds is 4. The Morgan fingerprint density at radius 3 is 2.36 bits per heavy atom. The van der Waals surface area contributed by atoms with Gasteiger partial charge in [-0.25, -0.2) is 14.5 Å². The van der Waals surface area contributed by atoms with Gasteiger partial charge in [0.1, 0.15) is 11.9 Å². The first-order chi connectivity index (χ1) is 15.9. The van der Waals surface area contributed by atoms with Crippen molar-refractivity contribution < 1.29 is 13.6 Å². The van der Waals surface area contributed by atoms with Crippen LogP contribution in [0.2, 0.25) is 0 Å². The average Bonchev–Trinajstić information content (AvgIpc) is 3.32. The third-order valence-electron chi connectivity index (χ3n) is 5.72. The molecule has 10 heteroatoms. The SMILES string of the molecule is C[S+](=O)([O-])c1ccc(-c2cc(C(=O)N3CCN(c4ncccn4)CC3)nn3cccc23)cc1. The second-order valence-electron chi connectivity index (χ2n) is 7.91. The standard InChI is InChI=1S/C23H22N6O3S/c1-33(31,32)18-7-5-17(6-8-18)19-16-20(26-29-11-2-4-21(19)29)22(30)27-12-14-28(15-13-27)23-24-9-3-10-25-23/h2-11,16H,12-15H2,1H3. The van der Waals surface area contributed by atoms with E-state index in [1.165, 1.54) is 6.26 Å². The zero-order valence-electron chi connectivity index (χ0n) is 18.0. The first-order valence-corrected chi connectivity index (χ1v) is 12.4. The molecule has 1 aliphatic rings. The number of piperazine rings is 1. The predicted octanol–water partition coefficient (Wildman–Crippen LogP) is 2.37. The van der Waals surface area contributed by atoms with Gasteiger partial charge in [0, 0.05) is 50.3 Å². The second-order valence-corrected chi connectivity index (χ2v) is 9.92. The molecule has 5 rings (SSSR count). The van der Waals surface area contributed by atoms with Crippen LogP contribution >= 0.6 is 0 Å². The van der Waals surface area contributed by atoms with Gasteiger partial charge < -0.3 is 14.4 Å². The number of hydrogen-bond donors (Lipinski definition) is 0. The predicted molar refractivity (Wildman–Crippen MR) is 124 cm³/mol. The summed E-state index contributed by atoms with van der Waals surface area (Å²) in [4.78, 5) is 26.0. The number of fused-ring (bicyclic) bond motifs is 1. The highest BCUT2D eigenvalue weighted by molar-refractivity contribution is 7.97. The minimum atomic E-state index is -3.29. The Kier molecular flexibility index (Phi) is 5.39. The molecular weight excluding hydrogens is 440 g/mol. The van der Waals surface area contributed by atoms with Gasteiger partial charge in [0.25, 0.3) is 5.91 Å². The summed E-state index contributed by atoms with van der Waals surface area (Å²) < 4.78 is 25.3. The van der Waals surface area contributed by atoms with Crippen LogP contribution in [0.1, 0.15) is 10.5 Å². The van der Waals surface area contributed by atoms with E-state index < -0.39 is 10.2 Å². The highest BCUT2D eigenvalue weighted by Crippen LogP contribution is 2.28. The number of benzene rings is 1. The van der Waals surface area contributed by atoms with Crippen molar-refractivity contribution in [2.45, 2.75) is 4.90 Å². The summed E-state index contributed by atoms with van der Waals surface area (Å²) in [5, 5.41) is 4.52. The molecule has 33 heavy (non-hydrogen) atoms. The van der Waals surface area contributed by atoms with Gasteiger partial charge in [-0.1, -0.05) is 0 Å². The topological polar surface area (TPSA) is 107 Å². The maximum atomic E-state index is 13.3. The second kappa shape index (κ2) is 8.38. The quantitative estimate of drug-likeness (QED) is 0.429. The van der Waals surface area contributed by atoms with E-state index in [9.17, 15) is 13.6 Å². The van der Waals surface area contributed by atoms with Crippen molar-refractivity contribution in [3.63, 3.8) is 0 Å². The van der Waals surface area contributed by atoms with E-state index in [4.69, 9.17) is 0 Å². The molecule has 168 valence electrons. The van der Waals surface area contributed by atoms with Crippen LogP contribution < -0.4 is 4.90 Å². The Labute approximate surface area is 192 Å². The van der Waals surface area contributed by atoms with E-state index in [1.54, 1.807) is 64.4 Å². The van der Waals surface area contributed by atoms with Crippen molar-refractivity contribution in [3.05, 3.63) is 72.8 Å². The summed E-state index contributed by atoms with van der Waals surface area (Å²) in [5.74, 6) is 0.518. The number of anilines is 1. The van der Waals surface area contributed by atoms with Crippen LogP contribution in [0.15, 0.2) is 72.0 Å². The highest BCUT2D eigenvalue weighted by Gasteiger charge is 2.25. The zero-order valence-corrected chi connectivity index (χ0v) is 18.8. The summed E-state index contributed by atoms with van der Waals surface area (Å²) in [6.07, 6.45) is 6.39. The van der Waals surface area contributed by atoms with E-state index in [-0.39, 0.29) is 10.8 Å². The number of carbonyl (C=O) groups is 1. The first-order valence-electron chi connectivity index (χ1n) is 10.5. The van der Waals surface area contributed by atoms with Crippen LogP contribution in [0.4, 0.5) is 5.95 Å². The summed E-state index contributed by atoms with van der Waals surface area (Å²) in [7, 11) is -3.29. The molecule has 3 aromatic heterocycles. The van der Waals surface area contributed by atoms with E-state index in [0.717, 1.165) is 16.6 Å². The molecule has 9 nitrogen and oxygen atoms in total. The van der Waals surface area contributed by atoms with Gasteiger partial charge in [-0.2, -0.15) is 5.10 Å². The van der Waals surface area contributed by atoms with Gasteiger partial charge in [-0.3, -0.25) is 4.79 Å². The molecule has 1 aliphatic heterocycles. The van der Waals surface area contributed by atoms with E-state index >= 15 is 0 Å². The molecule has 0 spiro atoms. The van der Waals surface area contributed by atoms with Crippen molar-refractivity contribution in [3.8, 4) is 11.1 Å². The summed E-state index contributed by atoms with van der Waals surface area (Å²) in [6.45, 7) is 2.37. The summed E-state index contributed by atoms with van der Waals surface area (Å²) in [5.41, 5.74) is 2.80. The maximum absolute atomic E-state index is 13.3. The molecule has 1 unspecified atom stereocenters. The molecule has 1 fully saturated rings. The van der Waals surface area contributed by atoms with Gasteiger partial charge in [0.2, 0.25) is 5.95 Å². The molecule has 1 aromatic carbocycles. The van der Waals surface area contributed by atoms with Crippen molar-refractivity contribution in [1.29, 1.82) is 0 Å². The van der Waals surface area contributed by atoms with E-state index in [1.807, 2.05) is 12.1 Å². The first kappa shape index (κ1) is 21.2. The Bertz CT molecular complexity index is 1340. The summed E-state index contributed by atoms with van der Waals surface area (Å²) >= 11 is 0. The van der Waals surface area contributed by atoms with Crippen molar-refractivity contribution in [2.75, 3.05) is 37.3 Å². The van der Waals surface area contributed by atoms with Crippen molar-refractivity contribution >= 4 is 27.6 Å². The average molecular weight is 463 g/mol. The molecule has 1 amide bonds. The Morgan fingerprint density at radius 2 is 1.70 bits per heavy atom. The van der Waals surface area contributed by atoms with Gasteiger partial charge in [0.05, 0.1) is 15.7 Å². The zero-order chi connectivity index (χ0) is 23.0. The van der Waals surface area contributed by atoms with E-state index in [2.05, 4.69) is 20.0 Å². The monoisotopic (exact) mass is 462 g/mol. The van der Waals surface area contributed by atoms with Gasteiger partial charge in [-0.15, -0.1) is 4.21 Å². The molecule has 0 bridgehead atoms. The van der Waals surface area contributed by atoms with Crippen LogP contribution in [0.5, 0.6) is 0 Å². The molecule has 0 N–H and O–H groups in total. The number of amides is 1. The third kappa shape index (κ3) is 4.22. The lowest BCUT2D eigenvalue weighted by atomic mass is 10.0. The largest absolute Gasteiger partial charge is 0.610 e. The van der Waals surface area contributed by atoms with Crippen LogP contribution in [0.3, 0.4) is 0 Å². The number of aromatic nitrogens is 4. The van der Waals surface area contributed by atoms with Gasteiger partial charge in [-0.05, 0) is 54.1 Å². The third-order valence-corrected chi connectivity index (χ3v) is 6.84. The minimum Gasteiger partial charge on any atom is -0.610 e. The fraction of sp³-hybridized carbons (Fsp3) is 0.217.